The molecule has 1 unspecified atom stereocenters. The van der Waals surface area contributed by atoms with Crippen LogP contribution in [0.15, 0.2) is 0 Å². The van der Waals surface area contributed by atoms with Crippen molar-refractivity contribution in [3.8, 4) is 0 Å². The summed E-state index contributed by atoms with van der Waals surface area (Å²) in [5.41, 5.74) is 7.79. The predicted octanol–water partition coefficient (Wildman–Crippen LogP) is 2.94. The van der Waals surface area contributed by atoms with Crippen LogP contribution in [-0.4, -0.2) is 11.0 Å². The van der Waals surface area contributed by atoms with E-state index < -0.39 is 0 Å². The second-order valence-electron chi connectivity index (χ2n) is 5.69. The topological polar surface area (TPSA) is 38.9 Å². The fourth-order valence-electron chi connectivity index (χ4n) is 2.21. The maximum atomic E-state index is 5.98. The molecule has 0 saturated carbocycles. The summed E-state index contributed by atoms with van der Waals surface area (Å²) in [7, 11) is 0. The number of nitrogens with zero attached hydrogens (tertiary/aromatic N) is 1. The molecule has 3 heteroatoms. The summed E-state index contributed by atoms with van der Waals surface area (Å²) in [6, 6.07) is 0.278. The summed E-state index contributed by atoms with van der Waals surface area (Å²) < 4.78 is 0. The molecule has 2 rings (SSSR count). The van der Waals surface area contributed by atoms with Gasteiger partial charge < -0.3 is 5.73 Å². The lowest BCUT2D eigenvalue weighted by Gasteiger charge is -2.28. The fourth-order valence-corrected chi connectivity index (χ4v) is 3.67. The van der Waals surface area contributed by atoms with Gasteiger partial charge in [-0.05, 0) is 31.1 Å². The Hall–Kier alpha value is -0.410. The molecule has 1 aromatic heterocycles. The molecule has 1 aliphatic carbocycles. The monoisotopic (exact) mass is 238 g/mol. The normalized spacial score (nSPS) is 20.5. The maximum absolute atomic E-state index is 5.98. The van der Waals surface area contributed by atoms with Crippen molar-refractivity contribution < 1.29 is 0 Å². The molecule has 0 radical (unpaired) electrons. The van der Waals surface area contributed by atoms with Gasteiger partial charge in [0, 0.05) is 17.3 Å². The molecule has 2 nitrogen and oxygen atoms in total. The third kappa shape index (κ3) is 2.64. The van der Waals surface area contributed by atoms with Gasteiger partial charge in [-0.15, -0.1) is 11.3 Å². The van der Waals surface area contributed by atoms with Crippen molar-refractivity contribution in [2.45, 2.75) is 58.9 Å². The van der Waals surface area contributed by atoms with Gasteiger partial charge in [0.1, 0.15) is 0 Å². The van der Waals surface area contributed by atoms with Crippen LogP contribution in [0.1, 0.15) is 49.2 Å². The molecule has 1 heterocycles. The van der Waals surface area contributed by atoms with E-state index in [0.29, 0.717) is 5.41 Å². The first kappa shape index (κ1) is 12.1. The van der Waals surface area contributed by atoms with Crippen LogP contribution in [0, 0.1) is 5.41 Å². The average molecular weight is 238 g/mol. The Labute approximate surface area is 102 Å². The molecule has 16 heavy (non-hydrogen) atoms. The van der Waals surface area contributed by atoms with Gasteiger partial charge in [-0.1, -0.05) is 20.8 Å². The Balaban J connectivity index is 2.12. The number of rotatable bonds is 3. The van der Waals surface area contributed by atoms with Gasteiger partial charge in [0.2, 0.25) is 0 Å². The minimum Gasteiger partial charge on any atom is -0.327 e. The molecule has 0 aliphatic heterocycles. The van der Waals surface area contributed by atoms with E-state index in [-0.39, 0.29) is 6.04 Å². The van der Waals surface area contributed by atoms with Crippen LogP contribution in [0.3, 0.4) is 0 Å². The SMILES string of the molecule is CCC(N)Cc1nc2c(s1)CC(C)(C)CC2. The third-order valence-corrected chi connectivity index (χ3v) is 4.58. The van der Waals surface area contributed by atoms with E-state index in [2.05, 4.69) is 20.8 Å². The first-order chi connectivity index (χ1) is 7.50. The van der Waals surface area contributed by atoms with Crippen molar-refractivity contribution in [1.29, 1.82) is 0 Å². The lowest BCUT2D eigenvalue weighted by molar-refractivity contribution is 0.316. The minimum atomic E-state index is 0.278. The summed E-state index contributed by atoms with van der Waals surface area (Å²) in [5.74, 6) is 0. The van der Waals surface area contributed by atoms with Crippen LogP contribution in [0.2, 0.25) is 0 Å². The Morgan fingerprint density at radius 3 is 2.94 bits per heavy atom. The summed E-state index contributed by atoms with van der Waals surface area (Å²) in [4.78, 5) is 6.25. The van der Waals surface area contributed by atoms with E-state index in [1.807, 2.05) is 11.3 Å². The molecule has 0 fully saturated rings. The van der Waals surface area contributed by atoms with E-state index in [9.17, 15) is 0 Å². The number of hydrogen-bond acceptors (Lipinski definition) is 3. The number of hydrogen-bond donors (Lipinski definition) is 1. The van der Waals surface area contributed by atoms with Crippen LogP contribution in [-0.2, 0) is 19.3 Å². The van der Waals surface area contributed by atoms with Gasteiger partial charge in [-0.3, -0.25) is 0 Å². The van der Waals surface area contributed by atoms with Crippen molar-refractivity contribution in [2.75, 3.05) is 0 Å². The molecule has 1 aliphatic rings. The van der Waals surface area contributed by atoms with E-state index >= 15 is 0 Å². The molecular formula is C13H22N2S. The first-order valence-electron chi connectivity index (χ1n) is 6.23. The Morgan fingerprint density at radius 2 is 2.25 bits per heavy atom. The van der Waals surface area contributed by atoms with Crippen LogP contribution < -0.4 is 5.73 Å². The van der Waals surface area contributed by atoms with Gasteiger partial charge in [-0.2, -0.15) is 0 Å². The highest BCUT2D eigenvalue weighted by Crippen LogP contribution is 2.37. The number of aromatic nitrogens is 1. The molecule has 0 amide bonds. The third-order valence-electron chi connectivity index (χ3n) is 3.46. The van der Waals surface area contributed by atoms with Gasteiger partial charge in [0.25, 0.3) is 0 Å². The predicted molar refractivity (Wildman–Crippen MR) is 69.9 cm³/mol. The van der Waals surface area contributed by atoms with Crippen molar-refractivity contribution >= 4 is 11.3 Å². The first-order valence-corrected chi connectivity index (χ1v) is 7.05. The lowest BCUT2D eigenvalue weighted by atomic mass is 9.79. The largest absolute Gasteiger partial charge is 0.327 e. The van der Waals surface area contributed by atoms with Crippen molar-refractivity contribution in [2.24, 2.45) is 11.1 Å². The van der Waals surface area contributed by atoms with Gasteiger partial charge in [0.05, 0.1) is 10.7 Å². The standard InChI is InChI=1S/C13H22N2S/c1-4-9(14)7-12-15-10-5-6-13(2,3)8-11(10)16-12/h9H,4-8,14H2,1-3H3. The molecule has 0 aromatic carbocycles. The van der Waals surface area contributed by atoms with E-state index in [4.69, 9.17) is 10.7 Å². The minimum absolute atomic E-state index is 0.278. The quantitative estimate of drug-likeness (QED) is 0.879. The molecular weight excluding hydrogens is 216 g/mol. The fraction of sp³-hybridized carbons (Fsp3) is 0.769. The second-order valence-corrected chi connectivity index (χ2v) is 6.86. The number of aryl methyl sites for hydroxylation is 1. The Morgan fingerprint density at radius 1 is 1.50 bits per heavy atom. The molecule has 2 N–H and O–H groups in total. The highest BCUT2D eigenvalue weighted by molar-refractivity contribution is 7.11. The van der Waals surface area contributed by atoms with Crippen molar-refractivity contribution in [1.82, 2.24) is 4.98 Å². The van der Waals surface area contributed by atoms with Crippen LogP contribution in [0.4, 0.5) is 0 Å². The summed E-state index contributed by atoms with van der Waals surface area (Å²) in [5, 5.41) is 1.25. The zero-order valence-electron chi connectivity index (χ0n) is 10.5. The van der Waals surface area contributed by atoms with Gasteiger partial charge in [-0.25, -0.2) is 4.98 Å². The lowest BCUT2D eigenvalue weighted by Crippen LogP contribution is -2.21. The summed E-state index contributed by atoms with van der Waals surface area (Å²) in [6.45, 7) is 6.85. The highest BCUT2D eigenvalue weighted by Gasteiger charge is 2.28. The zero-order valence-corrected chi connectivity index (χ0v) is 11.4. The van der Waals surface area contributed by atoms with E-state index in [1.165, 1.54) is 28.4 Å². The molecule has 90 valence electrons. The molecule has 1 aromatic rings. The zero-order chi connectivity index (χ0) is 11.8. The van der Waals surface area contributed by atoms with Crippen LogP contribution >= 0.6 is 11.3 Å². The average Bonchev–Trinajstić information content (AvgIpc) is 2.57. The van der Waals surface area contributed by atoms with Crippen LogP contribution in [0.25, 0.3) is 0 Å². The van der Waals surface area contributed by atoms with Gasteiger partial charge >= 0.3 is 0 Å². The van der Waals surface area contributed by atoms with E-state index in [1.54, 1.807) is 0 Å². The number of thiazole rings is 1. The van der Waals surface area contributed by atoms with Crippen LogP contribution in [0.5, 0.6) is 0 Å². The molecule has 0 saturated heterocycles. The Bertz CT molecular complexity index is 368. The van der Waals surface area contributed by atoms with Gasteiger partial charge in [0.15, 0.2) is 0 Å². The molecule has 0 bridgehead atoms. The number of fused-ring (bicyclic) bond motifs is 1. The summed E-state index contributed by atoms with van der Waals surface area (Å²) >= 11 is 1.89. The molecule has 0 spiro atoms. The maximum Gasteiger partial charge on any atom is 0.0946 e. The van der Waals surface area contributed by atoms with E-state index in [0.717, 1.165) is 19.3 Å². The van der Waals surface area contributed by atoms with Crippen molar-refractivity contribution in [3.05, 3.63) is 15.6 Å². The number of nitrogens with two attached hydrogens (primary N) is 1. The Kier molecular flexibility index (Phi) is 3.36. The smallest absolute Gasteiger partial charge is 0.0946 e. The molecule has 1 atom stereocenters. The second kappa shape index (κ2) is 4.46. The highest BCUT2D eigenvalue weighted by atomic mass is 32.1. The van der Waals surface area contributed by atoms with Crippen molar-refractivity contribution in [3.63, 3.8) is 0 Å². The summed E-state index contributed by atoms with van der Waals surface area (Å²) in [6.07, 6.45) is 5.61.